The molecule has 0 bridgehead atoms. The summed E-state index contributed by atoms with van der Waals surface area (Å²) in [4.78, 5) is 26.3. The first kappa shape index (κ1) is 27.8. The number of amides is 1. The van der Waals surface area contributed by atoms with Gasteiger partial charge in [0.25, 0.3) is 0 Å². The summed E-state index contributed by atoms with van der Waals surface area (Å²) in [6.07, 6.45) is 5.34. The Kier molecular flexibility index (Phi) is 8.97. The number of nitrogens with one attached hydrogen (secondary N) is 3. The van der Waals surface area contributed by atoms with E-state index in [-0.39, 0.29) is 43.0 Å². The zero-order chi connectivity index (χ0) is 27.2. The highest BCUT2D eigenvalue weighted by Crippen LogP contribution is 2.45. The molecule has 8 heteroatoms. The number of aliphatic hydroxyl groups excluding tert-OH is 1. The maximum Gasteiger partial charge on any atom is 0.236 e. The molecule has 4 N–H and O–H groups in total. The molecule has 39 heavy (non-hydrogen) atoms. The van der Waals surface area contributed by atoms with E-state index in [0.717, 1.165) is 31.2 Å². The van der Waals surface area contributed by atoms with Crippen LogP contribution in [0.5, 0.6) is 0 Å². The van der Waals surface area contributed by atoms with Crippen molar-refractivity contribution in [3.63, 3.8) is 0 Å². The third-order valence-electron chi connectivity index (χ3n) is 8.43. The molecule has 2 aromatic rings. The fourth-order valence-corrected chi connectivity index (χ4v) is 6.25. The molecule has 1 amide bonds. The van der Waals surface area contributed by atoms with E-state index in [9.17, 15) is 14.7 Å². The minimum absolute atomic E-state index is 0.0912. The number of likely N-dealkylation sites (tertiary alicyclic amines) is 1. The number of fused-ring (bicyclic) bond motifs is 1. The number of rotatable bonds is 11. The lowest BCUT2D eigenvalue weighted by molar-refractivity contribution is -0.132. The SMILES string of the molecule is CCc1ccc2c(c1)[C@@H](NC[C@@H](O)[C@@H](NC(=O)CN1CCC(=O)C1)OCc1ccccc1)CC1(CCCC1)N2. The Morgan fingerprint density at radius 2 is 1.97 bits per heavy atom. The zero-order valence-electron chi connectivity index (χ0n) is 23.0. The number of nitrogens with zero attached hydrogens (tertiary/aromatic N) is 1. The number of hydrogen-bond acceptors (Lipinski definition) is 7. The molecule has 2 heterocycles. The van der Waals surface area contributed by atoms with Gasteiger partial charge in [0.1, 0.15) is 11.9 Å². The number of ketones is 1. The van der Waals surface area contributed by atoms with Crippen LogP contribution in [0, 0.1) is 0 Å². The van der Waals surface area contributed by atoms with Gasteiger partial charge < -0.3 is 25.8 Å². The molecule has 0 radical (unpaired) electrons. The molecule has 5 rings (SSSR count). The largest absolute Gasteiger partial charge is 0.387 e. The monoisotopic (exact) mass is 534 g/mol. The van der Waals surface area contributed by atoms with Crippen molar-refractivity contribution >= 4 is 17.4 Å². The van der Waals surface area contributed by atoms with Gasteiger partial charge in [-0.3, -0.25) is 14.5 Å². The van der Waals surface area contributed by atoms with Crippen molar-refractivity contribution in [2.45, 2.75) is 82.4 Å². The maximum atomic E-state index is 12.9. The second-order valence-corrected chi connectivity index (χ2v) is 11.4. The van der Waals surface area contributed by atoms with Crippen LogP contribution >= 0.6 is 0 Å². The van der Waals surface area contributed by atoms with E-state index < -0.39 is 12.3 Å². The number of carbonyl (C=O) groups excluding carboxylic acids is 2. The van der Waals surface area contributed by atoms with Gasteiger partial charge in [-0.1, -0.05) is 62.2 Å². The topological polar surface area (TPSA) is 103 Å². The Morgan fingerprint density at radius 1 is 1.18 bits per heavy atom. The van der Waals surface area contributed by atoms with E-state index in [4.69, 9.17) is 4.74 Å². The summed E-state index contributed by atoms with van der Waals surface area (Å²) < 4.78 is 6.07. The number of ether oxygens (including phenoxy) is 1. The van der Waals surface area contributed by atoms with Gasteiger partial charge in [0.05, 0.1) is 19.7 Å². The zero-order valence-corrected chi connectivity index (χ0v) is 23.0. The Hall–Kier alpha value is -2.78. The molecular weight excluding hydrogens is 492 g/mol. The average molecular weight is 535 g/mol. The van der Waals surface area contributed by atoms with E-state index in [0.29, 0.717) is 19.5 Å². The first-order valence-electron chi connectivity index (χ1n) is 14.4. The van der Waals surface area contributed by atoms with Crippen LogP contribution in [0.4, 0.5) is 5.69 Å². The third-order valence-corrected chi connectivity index (χ3v) is 8.43. The van der Waals surface area contributed by atoms with Crippen LogP contribution in [0.1, 0.15) is 68.2 Å². The van der Waals surface area contributed by atoms with E-state index in [2.05, 4.69) is 41.1 Å². The Bertz CT molecular complexity index is 1130. The molecule has 3 aliphatic rings. The van der Waals surface area contributed by atoms with Crippen molar-refractivity contribution in [1.29, 1.82) is 0 Å². The first-order chi connectivity index (χ1) is 18.9. The van der Waals surface area contributed by atoms with Crippen LogP contribution in [-0.2, 0) is 27.4 Å². The third kappa shape index (κ3) is 7.06. The molecule has 1 saturated carbocycles. The van der Waals surface area contributed by atoms with E-state index >= 15 is 0 Å². The van der Waals surface area contributed by atoms with Gasteiger partial charge in [0.15, 0.2) is 6.23 Å². The highest BCUT2D eigenvalue weighted by molar-refractivity contribution is 5.84. The number of benzene rings is 2. The molecule has 1 spiro atoms. The lowest BCUT2D eigenvalue weighted by Crippen LogP contribution is -2.52. The lowest BCUT2D eigenvalue weighted by Gasteiger charge is -2.42. The van der Waals surface area contributed by atoms with Crippen LogP contribution in [0.25, 0.3) is 0 Å². The van der Waals surface area contributed by atoms with E-state index in [1.807, 2.05) is 35.2 Å². The second-order valence-electron chi connectivity index (χ2n) is 11.4. The van der Waals surface area contributed by atoms with Crippen molar-refractivity contribution < 1.29 is 19.4 Å². The lowest BCUT2D eigenvalue weighted by atomic mass is 9.81. The Morgan fingerprint density at radius 3 is 2.69 bits per heavy atom. The molecule has 210 valence electrons. The molecule has 0 unspecified atom stereocenters. The van der Waals surface area contributed by atoms with Gasteiger partial charge in [-0.25, -0.2) is 0 Å². The minimum atomic E-state index is -0.954. The molecule has 1 saturated heterocycles. The number of hydrogen-bond donors (Lipinski definition) is 4. The molecule has 3 atom stereocenters. The fourth-order valence-electron chi connectivity index (χ4n) is 6.25. The number of anilines is 1. The molecule has 0 aromatic heterocycles. The summed E-state index contributed by atoms with van der Waals surface area (Å²) in [6.45, 7) is 3.70. The van der Waals surface area contributed by atoms with Gasteiger partial charge >= 0.3 is 0 Å². The standard InChI is InChI=1S/C31H42N4O4/c1-2-22-10-11-26-25(16-22)27(17-31(34-26)13-6-7-14-31)32-18-28(37)30(39-21-23-8-4-3-5-9-23)33-29(38)20-35-15-12-24(36)19-35/h3-5,8-11,16,27-28,30,32,34,37H,2,6-7,12-15,17-21H2,1H3,(H,33,38)/t27-,28+,30-/m0/s1. The molecule has 1 aliphatic carbocycles. The number of carbonyl (C=O) groups is 2. The Labute approximate surface area is 231 Å². The van der Waals surface area contributed by atoms with Crippen LogP contribution in [0.2, 0.25) is 0 Å². The normalized spacial score (nSPS) is 21.9. The van der Waals surface area contributed by atoms with Crippen molar-refractivity contribution in [3.8, 4) is 0 Å². The minimum Gasteiger partial charge on any atom is -0.387 e. The first-order valence-corrected chi connectivity index (χ1v) is 14.4. The van der Waals surface area contributed by atoms with Crippen molar-refractivity contribution in [3.05, 3.63) is 65.2 Å². The quantitative estimate of drug-likeness (QED) is 0.328. The van der Waals surface area contributed by atoms with Crippen LogP contribution in [0.15, 0.2) is 48.5 Å². The number of aryl methyl sites for hydroxylation is 1. The molecular formula is C31H42N4O4. The van der Waals surface area contributed by atoms with Crippen LogP contribution < -0.4 is 16.0 Å². The van der Waals surface area contributed by atoms with Crippen molar-refractivity contribution in [1.82, 2.24) is 15.5 Å². The van der Waals surface area contributed by atoms with Gasteiger partial charge in [-0.05, 0) is 48.4 Å². The van der Waals surface area contributed by atoms with Gasteiger partial charge in [0, 0.05) is 36.8 Å². The van der Waals surface area contributed by atoms with Gasteiger partial charge in [-0.15, -0.1) is 0 Å². The number of aliphatic hydroxyl groups is 1. The van der Waals surface area contributed by atoms with Crippen molar-refractivity contribution in [2.75, 3.05) is 31.5 Å². The van der Waals surface area contributed by atoms with Crippen LogP contribution in [-0.4, -0.2) is 65.7 Å². The van der Waals surface area contributed by atoms with Gasteiger partial charge in [-0.2, -0.15) is 0 Å². The molecule has 2 aromatic carbocycles. The predicted octanol–water partition coefficient (Wildman–Crippen LogP) is 3.30. The fraction of sp³-hybridized carbons (Fsp3) is 0.548. The van der Waals surface area contributed by atoms with E-state index in [1.165, 1.54) is 29.7 Å². The summed E-state index contributed by atoms with van der Waals surface area (Å²) in [5, 5.41) is 21.7. The Balaban J connectivity index is 1.26. The molecule has 2 fully saturated rings. The van der Waals surface area contributed by atoms with Crippen molar-refractivity contribution in [2.24, 2.45) is 0 Å². The number of Topliss-reactive ketones (excluding diaryl/α,β-unsaturated/α-hetero) is 1. The highest BCUT2D eigenvalue weighted by Gasteiger charge is 2.41. The maximum absolute atomic E-state index is 12.9. The highest BCUT2D eigenvalue weighted by atomic mass is 16.5. The van der Waals surface area contributed by atoms with Crippen LogP contribution in [0.3, 0.4) is 0 Å². The predicted molar refractivity (Wildman–Crippen MR) is 151 cm³/mol. The summed E-state index contributed by atoms with van der Waals surface area (Å²) in [7, 11) is 0. The van der Waals surface area contributed by atoms with Gasteiger partial charge in [0.2, 0.25) is 5.91 Å². The summed E-state index contributed by atoms with van der Waals surface area (Å²) in [6, 6.07) is 16.5. The molecule has 8 nitrogen and oxygen atoms in total. The smallest absolute Gasteiger partial charge is 0.236 e. The van der Waals surface area contributed by atoms with E-state index in [1.54, 1.807) is 0 Å². The summed E-state index contributed by atoms with van der Waals surface area (Å²) in [5.74, 6) is -0.107. The second kappa shape index (κ2) is 12.6. The summed E-state index contributed by atoms with van der Waals surface area (Å²) >= 11 is 0. The summed E-state index contributed by atoms with van der Waals surface area (Å²) in [5.41, 5.74) is 4.77. The average Bonchev–Trinajstić information content (AvgIpc) is 3.57. The molecule has 2 aliphatic heterocycles.